The fraction of sp³-hybridized carbons (Fsp3) is 0.542. The maximum Gasteiger partial charge on any atom is 0.223 e. The molecule has 7 nitrogen and oxygen atoms in total. The molecule has 33 heavy (non-hydrogen) atoms. The molecule has 1 N–H and O–H groups in total. The van der Waals surface area contributed by atoms with E-state index in [9.17, 15) is 4.79 Å². The zero-order chi connectivity index (χ0) is 22.8. The first-order chi connectivity index (χ1) is 16.1. The van der Waals surface area contributed by atoms with Crippen molar-refractivity contribution in [3.8, 4) is 0 Å². The standard InChI is InChI=1S/C24H31N5O2S2/c1-16-17(2)33-24-21(16)22(26-15-27-24)29-7-5-18(6-8-29)23(30)25-14-19(20-4-3-13-32-20)28-9-11-31-12-10-28/h3-4,13,15,18-19H,5-12,14H2,1-2H3,(H,25,30)/t19-/m0/s1. The number of carbonyl (C=O) groups excluding carboxylic acids is 1. The fourth-order valence-corrected chi connectivity index (χ4v) is 6.73. The van der Waals surface area contributed by atoms with Crippen molar-refractivity contribution in [3.63, 3.8) is 0 Å². The SMILES string of the molecule is Cc1sc2ncnc(N3CCC(C(=O)NC[C@@H](c4cccs4)N4CCOCC4)CC3)c2c1C. The summed E-state index contributed by atoms with van der Waals surface area (Å²) in [6, 6.07) is 4.48. The van der Waals surface area contributed by atoms with Gasteiger partial charge in [-0.25, -0.2) is 9.97 Å². The zero-order valence-corrected chi connectivity index (χ0v) is 20.9. The third kappa shape index (κ3) is 4.77. The van der Waals surface area contributed by atoms with Crippen molar-refractivity contribution in [1.82, 2.24) is 20.2 Å². The molecule has 5 heterocycles. The minimum absolute atomic E-state index is 0.0533. The summed E-state index contributed by atoms with van der Waals surface area (Å²) in [7, 11) is 0. The van der Waals surface area contributed by atoms with Gasteiger partial charge in [-0.3, -0.25) is 9.69 Å². The quantitative estimate of drug-likeness (QED) is 0.573. The maximum absolute atomic E-state index is 13.1. The summed E-state index contributed by atoms with van der Waals surface area (Å²) in [6.07, 6.45) is 3.36. The van der Waals surface area contributed by atoms with E-state index in [2.05, 4.69) is 56.4 Å². The van der Waals surface area contributed by atoms with Crippen molar-refractivity contribution in [3.05, 3.63) is 39.2 Å². The molecule has 1 amide bonds. The second-order valence-electron chi connectivity index (χ2n) is 8.85. The van der Waals surface area contributed by atoms with Crippen LogP contribution in [0.15, 0.2) is 23.8 Å². The molecule has 5 rings (SSSR count). The predicted octanol–water partition coefficient (Wildman–Crippen LogP) is 3.78. The summed E-state index contributed by atoms with van der Waals surface area (Å²) in [5.74, 6) is 1.25. The number of nitrogens with one attached hydrogen (secondary N) is 1. The van der Waals surface area contributed by atoms with Crippen LogP contribution >= 0.6 is 22.7 Å². The molecule has 0 aliphatic carbocycles. The molecule has 0 radical (unpaired) electrons. The number of morpholine rings is 1. The van der Waals surface area contributed by atoms with E-state index >= 15 is 0 Å². The topological polar surface area (TPSA) is 70.6 Å². The summed E-state index contributed by atoms with van der Waals surface area (Å²) in [4.78, 5) is 30.6. The molecule has 3 aromatic rings. The Morgan fingerprint density at radius 1 is 1.21 bits per heavy atom. The van der Waals surface area contributed by atoms with E-state index in [4.69, 9.17) is 4.74 Å². The first-order valence-electron chi connectivity index (χ1n) is 11.7. The maximum atomic E-state index is 13.1. The Morgan fingerprint density at radius 2 is 2.00 bits per heavy atom. The molecule has 1 atom stereocenters. The number of rotatable bonds is 6. The molecule has 2 fully saturated rings. The number of nitrogens with zero attached hydrogens (tertiary/aromatic N) is 4. The molecule has 0 spiro atoms. The van der Waals surface area contributed by atoms with Crippen molar-refractivity contribution in [2.24, 2.45) is 5.92 Å². The van der Waals surface area contributed by atoms with Crippen molar-refractivity contribution in [2.45, 2.75) is 32.7 Å². The Bertz CT molecular complexity index is 1090. The van der Waals surface area contributed by atoms with Crippen LogP contribution in [0.4, 0.5) is 5.82 Å². The summed E-state index contributed by atoms with van der Waals surface area (Å²) < 4.78 is 5.53. The zero-order valence-electron chi connectivity index (χ0n) is 19.2. The first-order valence-corrected chi connectivity index (χ1v) is 13.4. The van der Waals surface area contributed by atoms with Crippen LogP contribution in [-0.4, -0.2) is 66.7 Å². The van der Waals surface area contributed by atoms with Crippen LogP contribution in [0.5, 0.6) is 0 Å². The van der Waals surface area contributed by atoms with Gasteiger partial charge in [0.1, 0.15) is 17.0 Å². The average molecular weight is 486 g/mol. The number of thiophene rings is 2. The number of anilines is 1. The van der Waals surface area contributed by atoms with Crippen LogP contribution in [0.2, 0.25) is 0 Å². The van der Waals surface area contributed by atoms with Gasteiger partial charge in [0.15, 0.2) is 0 Å². The fourth-order valence-electron chi connectivity index (χ4n) is 4.88. The molecule has 2 aliphatic rings. The van der Waals surface area contributed by atoms with Gasteiger partial charge in [-0.1, -0.05) is 6.07 Å². The van der Waals surface area contributed by atoms with E-state index in [1.807, 2.05) is 0 Å². The number of hydrogen-bond acceptors (Lipinski definition) is 8. The summed E-state index contributed by atoms with van der Waals surface area (Å²) in [6.45, 7) is 9.97. The van der Waals surface area contributed by atoms with E-state index in [0.29, 0.717) is 6.54 Å². The second kappa shape index (κ2) is 10.0. The molecular formula is C24H31N5O2S2. The van der Waals surface area contributed by atoms with E-state index in [1.54, 1.807) is 29.0 Å². The van der Waals surface area contributed by atoms with Gasteiger partial charge in [-0.2, -0.15) is 0 Å². The molecule has 0 aromatic carbocycles. The van der Waals surface area contributed by atoms with Crippen LogP contribution in [0.25, 0.3) is 10.2 Å². The molecule has 2 aliphatic heterocycles. The van der Waals surface area contributed by atoms with Crippen molar-refractivity contribution in [1.29, 1.82) is 0 Å². The molecule has 176 valence electrons. The molecule has 9 heteroatoms. The van der Waals surface area contributed by atoms with Crippen molar-refractivity contribution >= 4 is 44.6 Å². The molecule has 0 unspecified atom stereocenters. The van der Waals surface area contributed by atoms with Gasteiger partial charge >= 0.3 is 0 Å². The molecular weight excluding hydrogens is 454 g/mol. The van der Waals surface area contributed by atoms with Crippen molar-refractivity contribution in [2.75, 3.05) is 50.8 Å². The summed E-state index contributed by atoms with van der Waals surface area (Å²) in [5.41, 5.74) is 1.27. The average Bonchev–Trinajstić information content (AvgIpc) is 3.48. The van der Waals surface area contributed by atoms with Gasteiger partial charge in [-0.15, -0.1) is 22.7 Å². The molecule has 0 bridgehead atoms. The third-order valence-electron chi connectivity index (χ3n) is 6.94. The minimum Gasteiger partial charge on any atom is -0.379 e. The lowest BCUT2D eigenvalue weighted by molar-refractivity contribution is -0.125. The van der Waals surface area contributed by atoms with E-state index in [1.165, 1.54) is 20.7 Å². The first kappa shape index (κ1) is 22.7. The Hall–Kier alpha value is -2.07. The highest BCUT2D eigenvalue weighted by Gasteiger charge is 2.29. The number of hydrogen-bond donors (Lipinski definition) is 1. The monoisotopic (exact) mass is 485 g/mol. The number of fused-ring (bicyclic) bond motifs is 1. The Balaban J connectivity index is 1.20. The van der Waals surface area contributed by atoms with Gasteiger partial charge in [0.2, 0.25) is 5.91 Å². The smallest absolute Gasteiger partial charge is 0.223 e. The lowest BCUT2D eigenvalue weighted by Crippen LogP contribution is -2.46. The summed E-state index contributed by atoms with van der Waals surface area (Å²) in [5, 5.41) is 6.56. The van der Waals surface area contributed by atoms with Crippen LogP contribution in [0.3, 0.4) is 0 Å². The number of ether oxygens (including phenoxy) is 1. The number of aryl methyl sites for hydroxylation is 2. The van der Waals surface area contributed by atoms with Gasteiger partial charge in [0.25, 0.3) is 0 Å². The van der Waals surface area contributed by atoms with Crippen LogP contribution in [0, 0.1) is 19.8 Å². The highest BCUT2D eigenvalue weighted by Crippen LogP contribution is 2.35. The predicted molar refractivity (Wildman–Crippen MR) is 134 cm³/mol. The van der Waals surface area contributed by atoms with Gasteiger partial charge < -0.3 is 15.0 Å². The Kier molecular flexibility index (Phi) is 6.91. The van der Waals surface area contributed by atoms with Crippen LogP contribution in [-0.2, 0) is 9.53 Å². The Morgan fingerprint density at radius 3 is 2.73 bits per heavy atom. The van der Waals surface area contributed by atoms with Gasteiger partial charge in [0.05, 0.1) is 24.6 Å². The lowest BCUT2D eigenvalue weighted by atomic mass is 9.95. The largest absolute Gasteiger partial charge is 0.379 e. The van der Waals surface area contributed by atoms with Crippen LogP contribution in [0.1, 0.15) is 34.2 Å². The number of amides is 1. The Labute approximate surface area is 202 Å². The van der Waals surface area contributed by atoms with Crippen molar-refractivity contribution < 1.29 is 9.53 Å². The highest BCUT2D eigenvalue weighted by molar-refractivity contribution is 7.18. The summed E-state index contributed by atoms with van der Waals surface area (Å²) >= 11 is 3.49. The van der Waals surface area contributed by atoms with E-state index in [0.717, 1.165) is 62.9 Å². The highest BCUT2D eigenvalue weighted by atomic mass is 32.1. The lowest BCUT2D eigenvalue weighted by Gasteiger charge is -2.35. The second-order valence-corrected chi connectivity index (χ2v) is 11.0. The number of carbonyl (C=O) groups is 1. The molecule has 2 saturated heterocycles. The molecule has 0 saturated carbocycles. The van der Waals surface area contributed by atoms with Gasteiger partial charge in [-0.05, 0) is 43.7 Å². The minimum atomic E-state index is 0.0533. The number of aromatic nitrogens is 2. The molecule has 3 aromatic heterocycles. The van der Waals surface area contributed by atoms with Gasteiger partial charge in [0, 0.05) is 48.4 Å². The van der Waals surface area contributed by atoms with E-state index < -0.39 is 0 Å². The van der Waals surface area contributed by atoms with E-state index in [-0.39, 0.29) is 17.9 Å². The number of piperidine rings is 1. The normalized spacial score (nSPS) is 19.2. The third-order valence-corrected chi connectivity index (χ3v) is 9.03. The van der Waals surface area contributed by atoms with Crippen LogP contribution < -0.4 is 10.2 Å².